The number of hydrogen-bond donors (Lipinski definition) is 2. The molecule has 5 heteroatoms. The molecule has 0 heterocycles. The zero-order valence-electron chi connectivity index (χ0n) is 9.47. The second kappa shape index (κ2) is 7.33. The molecule has 0 amide bonds. The number of hydrogen-bond acceptors (Lipinski definition) is 4. The fourth-order valence-electron chi connectivity index (χ4n) is 1.35. The third kappa shape index (κ3) is 4.26. The molecular formula is C11H18ClNO3. The fourth-order valence-corrected chi connectivity index (χ4v) is 1.35. The number of aliphatic hydroxyl groups excluding tert-OH is 1. The van der Waals surface area contributed by atoms with Crippen molar-refractivity contribution in [1.29, 1.82) is 0 Å². The summed E-state index contributed by atoms with van der Waals surface area (Å²) in [4.78, 5) is 0. The van der Waals surface area contributed by atoms with Crippen LogP contribution >= 0.6 is 12.4 Å². The summed E-state index contributed by atoms with van der Waals surface area (Å²) < 4.78 is 10.3. The predicted molar refractivity (Wildman–Crippen MR) is 65.6 cm³/mol. The summed E-state index contributed by atoms with van der Waals surface area (Å²) in [6, 6.07) is 5.33. The lowest BCUT2D eigenvalue weighted by Crippen LogP contribution is -2.26. The van der Waals surface area contributed by atoms with Crippen LogP contribution in [-0.4, -0.2) is 32.0 Å². The van der Waals surface area contributed by atoms with Gasteiger partial charge in [0.15, 0.2) is 0 Å². The lowest BCUT2D eigenvalue weighted by molar-refractivity contribution is 0.265. The van der Waals surface area contributed by atoms with Gasteiger partial charge in [0, 0.05) is 12.1 Å². The average Bonchev–Trinajstić information content (AvgIpc) is 2.28. The van der Waals surface area contributed by atoms with Crippen molar-refractivity contribution in [2.45, 2.75) is 12.5 Å². The molecule has 0 bridgehead atoms. The Balaban J connectivity index is 0.00000225. The summed E-state index contributed by atoms with van der Waals surface area (Å²) in [7, 11) is 3.20. The molecule has 1 atom stereocenters. The van der Waals surface area contributed by atoms with Crippen molar-refractivity contribution in [3.8, 4) is 11.5 Å². The van der Waals surface area contributed by atoms with Crippen molar-refractivity contribution in [3.63, 3.8) is 0 Å². The summed E-state index contributed by atoms with van der Waals surface area (Å²) >= 11 is 0. The van der Waals surface area contributed by atoms with Crippen molar-refractivity contribution in [3.05, 3.63) is 23.8 Å². The minimum Gasteiger partial charge on any atom is -0.497 e. The van der Waals surface area contributed by atoms with E-state index in [1.54, 1.807) is 20.3 Å². The first kappa shape index (κ1) is 15.0. The Labute approximate surface area is 102 Å². The molecule has 16 heavy (non-hydrogen) atoms. The van der Waals surface area contributed by atoms with E-state index in [0.29, 0.717) is 6.42 Å². The summed E-state index contributed by atoms with van der Waals surface area (Å²) in [5, 5.41) is 8.86. The molecule has 1 aromatic rings. The van der Waals surface area contributed by atoms with Crippen LogP contribution in [0.25, 0.3) is 0 Å². The van der Waals surface area contributed by atoms with Gasteiger partial charge in [0.1, 0.15) is 11.5 Å². The Morgan fingerprint density at radius 1 is 1.19 bits per heavy atom. The minimum absolute atomic E-state index is 0. The van der Waals surface area contributed by atoms with Crippen LogP contribution in [0, 0.1) is 0 Å². The molecule has 0 aliphatic carbocycles. The molecule has 0 aliphatic heterocycles. The van der Waals surface area contributed by atoms with Crippen molar-refractivity contribution < 1.29 is 14.6 Å². The van der Waals surface area contributed by atoms with Gasteiger partial charge in [-0.15, -0.1) is 12.4 Å². The maximum atomic E-state index is 8.86. The number of rotatable bonds is 5. The van der Waals surface area contributed by atoms with Crippen LogP contribution in [0.2, 0.25) is 0 Å². The lowest BCUT2D eigenvalue weighted by Gasteiger charge is -2.11. The van der Waals surface area contributed by atoms with E-state index in [1.807, 2.05) is 12.1 Å². The molecule has 0 aliphatic rings. The highest BCUT2D eigenvalue weighted by atomic mass is 35.5. The number of halogens is 1. The average molecular weight is 248 g/mol. The highest BCUT2D eigenvalue weighted by molar-refractivity contribution is 5.85. The van der Waals surface area contributed by atoms with Crippen molar-refractivity contribution in [2.24, 2.45) is 5.73 Å². The second-order valence-electron chi connectivity index (χ2n) is 3.37. The van der Waals surface area contributed by atoms with Crippen LogP contribution in [0.4, 0.5) is 0 Å². The molecule has 3 N–H and O–H groups in total. The van der Waals surface area contributed by atoms with Crippen LogP contribution < -0.4 is 15.2 Å². The molecule has 1 unspecified atom stereocenters. The zero-order chi connectivity index (χ0) is 11.3. The Hall–Kier alpha value is -0.970. The molecule has 0 saturated heterocycles. The molecule has 4 nitrogen and oxygen atoms in total. The molecule has 1 rings (SSSR count). The summed E-state index contributed by atoms with van der Waals surface area (Å²) in [5.41, 5.74) is 6.65. The molecule has 1 aromatic carbocycles. The van der Waals surface area contributed by atoms with Crippen LogP contribution in [0.15, 0.2) is 18.2 Å². The van der Waals surface area contributed by atoms with E-state index >= 15 is 0 Å². The highest BCUT2D eigenvalue weighted by Gasteiger charge is 2.06. The molecule has 0 radical (unpaired) electrons. The van der Waals surface area contributed by atoms with Gasteiger partial charge < -0.3 is 20.3 Å². The fraction of sp³-hybridized carbons (Fsp3) is 0.455. The van der Waals surface area contributed by atoms with Crippen LogP contribution in [-0.2, 0) is 6.42 Å². The van der Waals surface area contributed by atoms with Crippen LogP contribution in [0.3, 0.4) is 0 Å². The van der Waals surface area contributed by atoms with E-state index in [9.17, 15) is 0 Å². The highest BCUT2D eigenvalue weighted by Crippen LogP contribution is 2.22. The third-order valence-electron chi connectivity index (χ3n) is 2.14. The normalized spacial score (nSPS) is 11.5. The Morgan fingerprint density at radius 2 is 1.69 bits per heavy atom. The van der Waals surface area contributed by atoms with Gasteiger partial charge in [0.2, 0.25) is 0 Å². The van der Waals surface area contributed by atoms with Gasteiger partial charge in [-0.05, 0) is 24.1 Å². The SMILES string of the molecule is COc1cc(CC(N)CO)cc(OC)c1.Cl. The van der Waals surface area contributed by atoms with Gasteiger partial charge in [-0.25, -0.2) is 0 Å². The van der Waals surface area contributed by atoms with Crippen molar-refractivity contribution >= 4 is 12.4 Å². The van der Waals surface area contributed by atoms with E-state index in [4.69, 9.17) is 20.3 Å². The molecule has 0 aromatic heterocycles. The second-order valence-corrected chi connectivity index (χ2v) is 3.37. The third-order valence-corrected chi connectivity index (χ3v) is 2.14. The largest absolute Gasteiger partial charge is 0.497 e. The molecule has 92 valence electrons. The van der Waals surface area contributed by atoms with Crippen molar-refractivity contribution in [1.82, 2.24) is 0 Å². The van der Waals surface area contributed by atoms with E-state index < -0.39 is 0 Å². The summed E-state index contributed by atoms with van der Waals surface area (Å²) in [6.07, 6.45) is 0.601. The Bertz CT molecular complexity index is 298. The van der Waals surface area contributed by atoms with Gasteiger partial charge in [-0.3, -0.25) is 0 Å². The Morgan fingerprint density at radius 3 is 2.06 bits per heavy atom. The van der Waals surface area contributed by atoms with Gasteiger partial charge >= 0.3 is 0 Å². The summed E-state index contributed by atoms with van der Waals surface area (Å²) in [6.45, 7) is -0.0282. The first-order valence-electron chi connectivity index (χ1n) is 4.78. The lowest BCUT2D eigenvalue weighted by atomic mass is 10.1. The van der Waals surface area contributed by atoms with Crippen LogP contribution in [0.1, 0.15) is 5.56 Å². The van der Waals surface area contributed by atoms with Gasteiger partial charge in [0.05, 0.1) is 20.8 Å². The number of aliphatic hydroxyl groups is 1. The monoisotopic (exact) mass is 247 g/mol. The molecule has 0 fully saturated rings. The zero-order valence-corrected chi connectivity index (χ0v) is 10.3. The number of benzene rings is 1. The van der Waals surface area contributed by atoms with E-state index in [1.165, 1.54) is 0 Å². The molecule has 0 spiro atoms. The first-order chi connectivity index (χ1) is 7.19. The molecular weight excluding hydrogens is 230 g/mol. The predicted octanol–water partition coefficient (Wildman–Crippen LogP) is 0.988. The standard InChI is InChI=1S/C11H17NO3.ClH/c1-14-10-4-8(3-9(12)7-13)5-11(6-10)15-2;/h4-6,9,13H,3,7,12H2,1-2H3;1H. The van der Waals surface area contributed by atoms with Crippen molar-refractivity contribution in [2.75, 3.05) is 20.8 Å². The van der Waals surface area contributed by atoms with E-state index in [2.05, 4.69) is 0 Å². The van der Waals surface area contributed by atoms with E-state index in [0.717, 1.165) is 17.1 Å². The number of nitrogens with two attached hydrogens (primary N) is 1. The van der Waals surface area contributed by atoms with Gasteiger partial charge in [-0.1, -0.05) is 0 Å². The maximum Gasteiger partial charge on any atom is 0.122 e. The summed E-state index contributed by atoms with van der Waals surface area (Å²) in [5.74, 6) is 1.46. The number of ether oxygens (including phenoxy) is 2. The Kier molecular flexibility index (Phi) is 6.88. The molecule has 0 saturated carbocycles. The number of methoxy groups -OCH3 is 2. The quantitative estimate of drug-likeness (QED) is 0.815. The van der Waals surface area contributed by atoms with Gasteiger partial charge in [0.25, 0.3) is 0 Å². The first-order valence-corrected chi connectivity index (χ1v) is 4.78. The van der Waals surface area contributed by atoms with Gasteiger partial charge in [-0.2, -0.15) is 0 Å². The smallest absolute Gasteiger partial charge is 0.122 e. The topological polar surface area (TPSA) is 64.7 Å². The minimum atomic E-state index is -0.248. The maximum absolute atomic E-state index is 8.86. The van der Waals surface area contributed by atoms with E-state index in [-0.39, 0.29) is 25.1 Å². The van der Waals surface area contributed by atoms with Crippen LogP contribution in [0.5, 0.6) is 11.5 Å².